The maximum atomic E-state index is 12.2. The number of carbonyl (C=O) groups excluding carboxylic acids is 2. The summed E-state index contributed by atoms with van der Waals surface area (Å²) in [6.07, 6.45) is 3.34. The van der Waals surface area contributed by atoms with Crippen molar-refractivity contribution in [3.8, 4) is 5.75 Å². The van der Waals surface area contributed by atoms with E-state index in [-0.39, 0.29) is 18.3 Å². The largest absolute Gasteiger partial charge is 0.482 e. The molecule has 2 aromatic carbocycles. The third-order valence-corrected chi connectivity index (χ3v) is 6.79. The SMILES string of the molecule is CCCCc1ccc(NC(=O)CSc2nnc(NC(=O)COc3ccc(Cl)cc3Cl)s2)cc1. The van der Waals surface area contributed by atoms with E-state index >= 15 is 0 Å². The average molecular weight is 525 g/mol. The zero-order valence-corrected chi connectivity index (χ0v) is 20.9. The molecule has 0 saturated carbocycles. The Morgan fingerprint density at radius 1 is 1.06 bits per heavy atom. The lowest BCUT2D eigenvalue weighted by Crippen LogP contribution is -2.20. The number of hydrogen-bond acceptors (Lipinski definition) is 7. The number of benzene rings is 2. The minimum atomic E-state index is -0.408. The molecule has 0 fully saturated rings. The van der Waals surface area contributed by atoms with E-state index in [2.05, 4.69) is 27.8 Å². The molecule has 2 N–H and O–H groups in total. The Bertz CT molecular complexity index is 1090. The van der Waals surface area contributed by atoms with Gasteiger partial charge in [0.15, 0.2) is 10.9 Å². The lowest BCUT2D eigenvalue weighted by Gasteiger charge is -2.07. The van der Waals surface area contributed by atoms with Gasteiger partial charge in [0.2, 0.25) is 11.0 Å². The van der Waals surface area contributed by atoms with E-state index < -0.39 is 5.91 Å². The fourth-order valence-electron chi connectivity index (χ4n) is 2.67. The molecule has 7 nitrogen and oxygen atoms in total. The van der Waals surface area contributed by atoms with Gasteiger partial charge in [0, 0.05) is 10.7 Å². The molecular formula is C22H22Cl2N4O3S2. The van der Waals surface area contributed by atoms with Crippen LogP contribution in [0, 0.1) is 0 Å². The maximum Gasteiger partial charge on any atom is 0.264 e. The van der Waals surface area contributed by atoms with Crippen LogP contribution in [0.25, 0.3) is 0 Å². The molecule has 2 amide bonds. The summed E-state index contributed by atoms with van der Waals surface area (Å²) in [5.41, 5.74) is 2.01. The lowest BCUT2D eigenvalue weighted by atomic mass is 10.1. The summed E-state index contributed by atoms with van der Waals surface area (Å²) in [6, 6.07) is 12.6. The number of carbonyl (C=O) groups is 2. The fourth-order valence-corrected chi connectivity index (χ4v) is 4.70. The van der Waals surface area contributed by atoms with E-state index in [1.807, 2.05) is 24.3 Å². The van der Waals surface area contributed by atoms with E-state index in [1.165, 1.54) is 34.7 Å². The number of nitrogens with zero attached hydrogens (tertiary/aromatic N) is 2. The number of amides is 2. The van der Waals surface area contributed by atoms with Gasteiger partial charge in [-0.25, -0.2) is 0 Å². The zero-order chi connectivity index (χ0) is 23.6. The molecule has 1 heterocycles. The smallest absolute Gasteiger partial charge is 0.264 e. The quantitative estimate of drug-likeness (QED) is 0.238. The molecule has 0 aliphatic heterocycles. The first-order chi connectivity index (χ1) is 15.9. The minimum absolute atomic E-state index is 0.143. The van der Waals surface area contributed by atoms with Crippen LogP contribution in [0.15, 0.2) is 46.8 Å². The maximum absolute atomic E-state index is 12.2. The van der Waals surface area contributed by atoms with Crippen LogP contribution in [0.2, 0.25) is 10.0 Å². The molecule has 0 saturated heterocycles. The Morgan fingerprint density at radius 2 is 1.85 bits per heavy atom. The van der Waals surface area contributed by atoms with Crippen molar-refractivity contribution < 1.29 is 14.3 Å². The van der Waals surface area contributed by atoms with Gasteiger partial charge in [0.1, 0.15) is 5.75 Å². The van der Waals surface area contributed by atoms with Crippen LogP contribution in [-0.4, -0.2) is 34.4 Å². The normalized spacial score (nSPS) is 10.6. The molecule has 0 aliphatic carbocycles. The van der Waals surface area contributed by atoms with Gasteiger partial charge >= 0.3 is 0 Å². The lowest BCUT2D eigenvalue weighted by molar-refractivity contribution is -0.118. The van der Waals surface area contributed by atoms with Crippen molar-refractivity contribution in [2.24, 2.45) is 0 Å². The van der Waals surface area contributed by atoms with Gasteiger partial charge in [-0.05, 0) is 48.7 Å². The van der Waals surface area contributed by atoms with Crippen LogP contribution >= 0.6 is 46.3 Å². The van der Waals surface area contributed by atoms with Crippen molar-refractivity contribution in [2.45, 2.75) is 30.5 Å². The third-order valence-electron chi connectivity index (χ3n) is 4.29. The predicted octanol–water partition coefficient (Wildman–Crippen LogP) is 5.94. The highest BCUT2D eigenvalue weighted by Gasteiger charge is 2.12. The van der Waals surface area contributed by atoms with Crippen molar-refractivity contribution in [2.75, 3.05) is 23.0 Å². The summed E-state index contributed by atoms with van der Waals surface area (Å²) in [5.74, 6) is -0.0197. The molecule has 0 spiro atoms. The number of nitrogens with one attached hydrogen (secondary N) is 2. The Morgan fingerprint density at radius 3 is 2.58 bits per heavy atom. The molecular weight excluding hydrogens is 503 g/mol. The summed E-state index contributed by atoms with van der Waals surface area (Å²) < 4.78 is 5.96. The predicted molar refractivity (Wildman–Crippen MR) is 135 cm³/mol. The van der Waals surface area contributed by atoms with Gasteiger partial charge in [-0.1, -0.05) is 71.8 Å². The van der Waals surface area contributed by atoms with Gasteiger partial charge in [-0.15, -0.1) is 10.2 Å². The number of aromatic nitrogens is 2. The molecule has 33 heavy (non-hydrogen) atoms. The zero-order valence-electron chi connectivity index (χ0n) is 17.8. The monoisotopic (exact) mass is 524 g/mol. The van der Waals surface area contributed by atoms with Gasteiger partial charge in [-0.3, -0.25) is 14.9 Å². The number of rotatable bonds is 11. The van der Waals surface area contributed by atoms with E-state index in [0.29, 0.717) is 25.3 Å². The Hall–Kier alpha value is -2.33. The summed E-state index contributed by atoms with van der Waals surface area (Å²) in [5, 5.41) is 14.5. The Kier molecular flexibility index (Phi) is 9.80. The number of anilines is 2. The second kappa shape index (κ2) is 12.8. The third kappa shape index (κ3) is 8.51. The fraction of sp³-hybridized carbons (Fsp3) is 0.273. The molecule has 11 heteroatoms. The summed E-state index contributed by atoms with van der Waals surface area (Å²) in [4.78, 5) is 24.3. The topological polar surface area (TPSA) is 93.2 Å². The standard InChI is InChI=1S/C22H22Cl2N4O3S2/c1-2-3-4-14-5-8-16(9-6-14)25-20(30)13-32-22-28-27-21(33-22)26-19(29)12-31-18-10-7-15(23)11-17(18)24/h5-11H,2-4,12-13H2,1H3,(H,25,30)(H,26,27,29). The molecule has 3 aromatic rings. The molecule has 0 radical (unpaired) electrons. The first-order valence-corrected chi connectivity index (χ1v) is 12.7. The summed E-state index contributed by atoms with van der Waals surface area (Å²) in [6.45, 7) is 1.91. The van der Waals surface area contributed by atoms with Crippen LogP contribution < -0.4 is 15.4 Å². The van der Waals surface area contributed by atoms with Crippen molar-refractivity contribution in [3.63, 3.8) is 0 Å². The van der Waals surface area contributed by atoms with Crippen molar-refractivity contribution in [1.29, 1.82) is 0 Å². The molecule has 0 atom stereocenters. The number of ether oxygens (including phenoxy) is 1. The van der Waals surface area contributed by atoms with E-state index in [1.54, 1.807) is 12.1 Å². The van der Waals surface area contributed by atoms with Crippen LogP contribution in [0.5, 0.6) is 5.75 Å². The minimum Gasteiger partial charge on any atom is -0.482 e. The highest BCUT2D eigenvalue weighted by Crippen LogP contribution is 2.28. The van der Waals surface area contributed by atoms with Crippen LogP contribution in [-0.2, 0) is 16.0 Å². The Balaban J connectivity index is 1.40. The number of thioether (sulfide) groups is 1. The number of hydrogen-bond donors (Lipinski definition) is 2. The second-order valence-corrected chi connectivity index (χ2v) is 9.97. The van der Waals surface area contributed by atoms with Gasteiger partial charge in [0.05, 0.1) is 10.8 Å². The summed E-state index contributed by atoms with van der Waals surface area (Å²) >= 11 is 14.3. The summed E-state index contributed by atoms with van der Waals surface area (Å²) in [7, 11) is 0. The first kappa shape index (κ1) is 25.3. The van der Waals surface area contributed by atoms with Gasteiger partial charge < -0.3 is 10.1 Å². The highest BCUT2D eigenvalue weighted by atomic mass is 35.5. The van der Waals surface area contributed by atoms with Gasteiger partial charge in [-0.2, -0.15) is 0 Å². The molecule has 1 aromatic heterocycles. The molecule has 0 aliphatic rings. The van der Waals surface area contributed by atoms with Crippen LogP contribution in [0.3, 0.4) is 0 Å². The molecule has 3 rings (SSSR count). The molecule has 0 unspecified atom stereocenters. The first-order valence-electron chi connectivity index (χ1n) is 10.2. The van der Waals surface area contributed by atoms with Crippen molar-refractivity contribution in [1.82, 2.24) is 10.2 Å². The van der Waals surface area contributed by atoms with Gasteiger partial charge in [0.25, 0.3) is 5.91 Å². The van der Waals surface area contributed by atoms with Crippen molar-refractivity contribution in [3.05, 3.63) is 58.1 Å². The molecule has 0 bridgehead atoms. The van der Waals surface area contributed by atoms with Crippen LogP contribution in [0.1, 0.15) is 25.3 Å². The number of aryl methyl sites for hydroxylation is 1. The average Bonchev–Trinajstić information content (AvgIpc) is 3.24. The van der Waals surface area contributed by atoms with Crippen LogP contribution in [0.4, 0.5) is 10.8 Å². The Labute approximate surface area is 210 Å². The van der Waals surface area contributed by atoms with E-state index in [9.17, 15) is 9.59 Å². The number of halogens is 2. The molecule has 174 valence electrons. The van der Waals surface area contributed by atoms with Crippen molar-refractivity contribution >= 4 is 68.9 Å². The van der Waals surface area contributed by atoms with E-state index in [4.69, 9.17) is 27.9 Å². The number of unbranched alkanes of at least 4 members (excludes halogenated alkanes) is 1. The highest BCUT2D eigenvalue weighted by molar-refractivity contribution is 8.01. The second-order valence-electron chi connectivity index (χ2n) is 6.92. The van der Waals surface area contributed by atoms with E-state index in [0.717, 1.165) is 24.9 Å².